The van der Waals surface area contributed by atoms with Gasteiger partial charge in [0.2, 0.25) is 0 Å². The number of rotatable bonds is 9. The largest absolute Gasteiger partial charge is 0.310 e. The zero-order valence-electron chi connectivity index (χ0n) is 12.9. The monoisotopic (exact) mass is 304 g/mol. The summed E-state index contributed by atoms with van der Waals surface area (Å²) in [5.74, 6) is 0. The van der Waals surface area contributed by atoms with E-state index >= 15 is 0 Å². The van der Waals surface area contributed by atoms with E-state index in [9.17, 15) is 0 Å². The molecule has 0 aliphatic rings. The van der Waals surface area contributed by atoms with Crippen molar-refractivity contribution in [2.75, 3.05) is 13.1 Å². The third-order valence-corrected chi connectivity index (χ3v) is 4.14. The zero-order valence-corrected chi connectivity index (χ0v) is 13.7. The maximum atomic E-state index is 4.71. The molecule has 5 heteroatoms. The second kappa shape index (κ2) is 8.87. The number of nitrogens with zero attached hydrogens (tertiary/aromatic N) is 3. The number of hydrogen-bond donors (Lipinski definition) is 1. The van der Waals surface area contributed by atoms with Crippen LogP contribution in [-0.4, -0.2) is 28.0 Å². The van der Waals surface area contributed by atoms with Crippen molar-refractivity contribution in [3.8, 4) is 0 Å². The normalized spacial score (nSPS) is 11.2. The van der Waals surface area contributed by atoms with Gasteiger partial charge in [0.25, 0.3) is 0 Å². The van der Waals surface area contributed by atoms with Crippen LogP contribution in [0.15, 0.2) is 29.8 Å². The molecule has 0 fully saturated rings. The van der Waals surface area contributed by atoms with Gasteiger partial charge in [-0.25, -0.2) is 4.98 Å². The van der Waals surface area contributed by atoms with Crippen molar-refractivity contribution in [3.63, 3.8) is 0 Å². The number of nitrogens with one attached hydrogen (secondary N) is 1. The molecule has 4 nitrogen and oxygen atoms in total. The van der Waals surface area contributed by atoms with Crippen LogP contribution >= 0.6 is 11.3 Å². The summed E-state index contributed by atoms with van der Waals surface area (Å²) in [6.45, 7) is 9.05. The van der Waals surface area contributed by atoms with E-state index in [4.69, 9.17) is 4.98 Å². The lowest BCUT2D eigenvalue weighted by atomic mass is 10.3. The van der Waals surface area contributed by atoms with Gasteiger partial charge in [0, 0.05) is 31.2 Å². The Kier molecular flexibility index (Phi) is 6.79. The molecule has 21 heavy (non-hydrogen) atoms. The lowest BCUT2D eigenvalue weighted by Crippen LogP contribution is -2.23. The average molecular weight is 304 g/mol. The van der Waals surface area contributed by atoms with Crippen LogP contribution in [0.1, 0.15) is 36.7 Å². The van der Waals surface area contributed by atoms with E-state index in [-0.39, 0.29) is 0 Å². The molecule has 0 aliphatic heterocycles. The third-order valence-electron chi connectivity index (χ3n) is 3.25. The predicted octanol–water partition coefficient (Wildman–Crippen LogP) is 3.06. The summed E-state index contributed by atoms with van der Waals surface area (Å²) in [7, 11) is 0. The molecule has 0 saturated heterocycles. The Labute approximate surface area is 131 Å². The zero-order chi connectivity index (χ0) is 14.9. The topological polar surface area (TPSA) is 41.1 Å². The molecule has 0 amide bonds. The van der Waals surface area contributed by atoms with Gasteiger partial charge in [-0.1, -0.05) is 19.9 Å². The molecule has 0 bridgehead atoms. The summed E-state index contributed by atoms with van der Waals surface area (Å²) in [6, 6.07) is 6.07. The van der Waals surface area contributed by atoms with Gasteiger partial charge < -0.3 is 5.32 Å². The van der Waals surface area contributed by atoms with Crippen LogP contribution in [0.4, 0.5) is 0 Å². The van der Waals surface area contributed by atoms with Crippen LogP contribution in [0, 0.1) is 0 Å². The quantitative estimate of drug-likeness (QED) is 0.723. The van der Waals surface area contributed by atoms with E-state index in [0.29, 0.717) is 0 Å². The van der Waals surface area contributed by atoms with Gasteiger partial charge in [0.15, 0.2) is 0 Å². The van der Waals surface area contributed by atoms with Gasteiger partial charge in [-0.15, -0.1) is 11.3 Å². The number of hydrogen-bond acceptors (Lipinski definition) is 5. The van der Waals surface area contributed by atoms with Crippen molar-refractivity contribution in [1.29, 1.82) is 0 Å². The molecule has 0 unspecified atom stereocenters. The van der Waals surface area contributed by atoms with Gasteiger partial charge >= 0.3 is 0 Å². The number of pyridine rings is 1. The molecule has 0 saturated carbocycles. The molecule has 0 aromatic carbocycles. The van der Waals surface area contributed by atoms with Crippen molar-refractivity contribution in [2.24, 2.45) is 0 Å². The fourth-order valence-electron chi connectivity index (χ4n) is 2.10. The highest BCUT2D eigenvalue weighted by Gasteiger charge is 2.08. The van der Waals surface area contributed by atoms with Crippen LogP contribution in [0.5, 0.6) is 0 Å². The minimum atomic E-state index is 0.873. The van der Waals surface area contributed by atoms with Crippen LogP contribution in [0.2, 0.25) is 0 Å². The van der Waals surface area contributed by atoms with Crippen molar-refractivity contribution >= 4 is 11.3 Å². The van der Waals surface area contributed by atoms with Gasteiger partial charge in [0.05, 0.1) is 11.4 Å². The fraction of sp³-hybridized carbons (Fsp3) is 0.500. The van der Waals surface area contributed by atoms with Crippen molar-refractivity contribution in [1.82, 2.24) is 20.2 Å². The Hall–Kier alpha value is -1.30. The molecule has 2 rings (SSSR count). The van der Waals surface area contributed by atoms with E-state index in [2.05, 4.69) is 40.5 Å². The average Bonchev–Trinajstić information content (AvgIpc) is 2.95. The summed E-state index contributed by atoms with van der Waals surface area (Å²) in [5, 5.41) is 6.74. The number of thiazole rings is 1. The highest BCUT2D eigenvalue weighted by Crippen LogP contribution is 2.13. The summed E-state index contributed by atoms with van der Waals surface area (Å²) in [6.07, 6.45) is 3.01. The Morgan fingerprint density at radius 2 is 2.05 bits per heavy atom. The molecule has 0 radical (unpaired) electrons. The summed E-state index contributed by atoms with van der Waals surface area (Å²) < 4.78 is 0. The molecule has 0 aliphatic carbocycles. The minimum absolute atomic E-state index is 0.873. The lowest BCUT2D eigenvalue weighted by molar-refractivity contribution is 0.265. The van der Waals surface area contributed by atoms with Gasteiger partial charge in [-0.05, 0) is 31.6 Å². The smallest absolute Gasteiger partial charge is 0.107 e. The summed E-state index contributed by atoms with van der Waals surface area (Å²) in [4.78, 5) is 11.5. The van der Waals surface area contributed by atoms with Gasteiger partial charge in [-0.2, -0.15) is 0 Å². The molecular weight excluding hydrogens is 280 g/mol. The van der Waals surface area contributed by atoms with Crippen LogP contribution in [0.25, 0.3) is 0 Å². The van der Waals surface area contributed by atoms with Crippen LogP contribution in [-0.2, 0) is 19.6 Å². The SMILES string of the molecule is CCCNCc1nc(CN(CC)Cc2ccccn2)cs1. The molecule has 2 aromatic rings. The Balaban J connectivity index is 1.86. The first-order chi connectivity index (χ1) is 10.3. The van der Waals surface area contributed by atoms with E-state index < -0.39 is 0 Å². The second-order valence-corrected chi connectivity index (χ2v) is 5.98. The molecule has 1 N–H and O–H groups in total. The van der Waals surface area contributed by atoms with E-state index in [1.807, 2.05) is 18.3 Å². The maximum Gasteiger partial charge on any atom is 0.107 e. The molecular formula is C16H24N4S. The fourth-order valence-corrected chi connectivity index (χ4v) is 2.86. The first-order valence-corrected chi connectivity index (χ1v) is 8.46. The Bertz CT molecular complexity index is 512. The van der Waals surface area contributed by atoms with Gasteiger partial charge in [-0.3, -0.25) is 9.88 Å². The van der Waals surface area contributed by atoms with Crippen molar-refractivity contribution in [3.05, 3.63) is 46.2 Å². The Morgan fingerprint density at radius 3 is 2.76 bits per heavy atom. The maximum absolute atomic E-state index is 4.71. The third kappa shape index (κ3) is 5.53. The highest BCUT2D eigenvalue weighted by atomic mass is 32.1. The van der Waals surface area contributed by atoms with E-state index in [1.54, 1.807) is 11.3 Å². The van der Waals surface area contributed by atoms with Crippen molar-refractivity contribution in [2.45, 2.75) is 39.9 Å². The standard InChI is InChI=1S/C16H24N4S/c1-3-8-17-10-16-19-15(13-21-16)12-20(4-2)11-14-7-5-6-9-18-14/h5-7,9,13,17H,3-4,8,10-12H2,1-2H3. The molecule has 0 atom stereocenters. The first kappa shape index (κ1) is 16.1. The number of aromatic nitrogens is 2. The molecule has 2 aromatic heterocycles. The summed E-state index contributed by atoms with van der Waals surface area (Å²) >= 11 is 1.74. The Morgan fingerprint density at radius 1 is 1.19 bits per heavy atom. The van der Waals surface area contributed by atoms with Crippen LogP contribution in [0.3, 0.4) is 0 Å². The first-order valence-electron chi connectivity index (χ1n) is 7.58. The molecule has 114 valence electrons. The highest BCUT2D eigenvalue weighted by molar-refractivity contribution is 7.09. The lowest BCUT2D eigenvalue weighted by Gasteiger charge is -2.18. The predicted molar refractivity (Wildman–Crippen MR) is 88.1 cm³/mol. The molecule has 0 spiro atoms. The van der Waals surface area contributed by atoms with Gasteiger partial charge in [0.1, 0.15) is 5.01 Å². The van der Waals surface area contributed by atoms with Crippen molar-refractivity contribution < 1.29 is 0 Å². The van der Waals surface area contributed by atoms with E-state index in [0.717, 1.165) is 50.5 Å². The van der Waals surface area contributed by atoms with E-state index in [1.165, 1.54) is 5.01 Å². The summed E-state index contributed by atoms with van der Waals surface area (Å²) in [5.41, 5.74) is 2.27. The second-order valence-electron chi connectivity index (χ2n) is 5.03. The minimum Gasteiger partial charge on any atom is -0.310 e. The molecule has 2 heterocycles. The van der Waals surface area contributed by atoms with Crippen LogP contribution < -0.4 is 5.32 Å².